The summed E-state index contributed by atoms with van der Waals surface area (Å²) in [6, 6.07) is 4.82. The van der Waals surface area contributed by atoms with Crippen molar-refractivity contribution >= 4 is 27.3 Å². The van der Waals surface area contributed by atoms with Crippen molar-refractivity contribution < 1.29 is 14.3 Å². The topological polar surface area (TPSA) is 49.3 Å². The Balaban J connectivity index is 2.31. The maximum absolute atomic E-state index is 13.8. The average Bonchev–Trinajstić information content (AvgIpc) is 2.77. The van der Waals surface area contributed by atoms with Crippen LogP contribution in [-0.2, 0) is 0 Å². The van der Waals surface area contributed by atoms with Crippen molar-refractivity contribution in [2.45, 2.75) is 32.7 Å². The van der Waals surface area contributed by atoms with E-state index in [0.717, 1.165) is 11.1 Å². The molecule has 0 aliphatic rings. The van der Waals surface area contributed by atoms with Gasteiger partial charge in [-0.2, -0.15) is 0 Å². The van der Waals surface area contributed by atoms with Gasteiger partial charge in [0, 0.05) is 22.7 Å². The summed E-state index contributed by atoms with van der Waals surface area (Å²) in [6.45, 7) is 3.76. The van der Waals surface area contributed by atoms with Crippen LogP contribution in [0.25, 0.3) is 10.1 Å². The third-order valence-electron chi connectivity index (χ3n) is 3.41. The number of hydrogen-bond donors (Lipinski definition) is 2. The van der Waals surface area contributed by atoms with E-state index in [9.17, 15) is 9.18 Å². The quantitative estimate of drug-likeness (QED) is 0.889. The Bertz CT molecular complexity index is 624. The minimum Gasteiger partial charge on any atom is -0.396 e. The first-order chi connectivity index (χ1) is 9.58. The van der Waals surface area contributed by atoms with Gasteiger partial charge in [0.05, 0.1) is 4.88 Å². The number of carbonyl (C=O) groups excluding carboxylic acids is 1. The van der Waals surface area contributed by atoms with Gasteiger partial charge in [0.2, 0.25) is 0 Å². The average molecular weight is 295 g/mol. The lowest BCUT2D eigenvalue weighted by atomic mass is 10.1. The van der Waals surface area contributed by atoms with Crippen LogP contribution in [0.1, 0.15) is 35.0 Å². The molecule has 2 rings (SSSR count). The number of fused-ring (bicyclic) bond motifs is 1. The Morgan fingerprint density at radius 2 is 2.25 bits per heavy atom. The summed E-state index contributed by atoms with van der Waals surface area (Å²) in [4.78, 5) is 12.8. The molecule has 0 bridgehead atoms. The van der Waals surface area contributed by atoms with Crippen LogP contribution in [0.4, 0.5) is 4.39 Å². The summed E-state index contributed by atoms with van der Waals surface area (Å²) < 4.78 is 14.6. The molecule has 0 aliphatic heterocycles. The molecule has 1 aromatic heterocycles. The maximum atomic E-state index is 13.8. The summed E-state index contributed by atoms with van der Waals surface area (Å²) in [7, 11) is 0. The van der Waals surface area contributed by atoms with E-state index in [1.54, 1.807) is 13.0 Å². The lowest BCUT2D eigenvalue weighted by molar-refractivity contribution is 0.0933. The van der Waals surface area contributed by atoms with Crippen molar-refractivity contribution in [3.63, 3.8) is 0 Å². The Morgan fingerprint density at radius 1 is 1.50 bits per heavy atom. The Morgan fingerprint density at radius 3 is 2.85 bits per heavy atom. The molecule has 0 spiro atoms. The van der Waals surface area contributed by atoms with Crippen molar-refractivity contribution in [1.29, 1.82) is 0 Å². The number of carbonyl (C=O) groups is 1. The van der Waals surface area contributed by atoms with Gasteiger partial charge in [-0.15, -0.1) is 11.3 Å². The highest BCUT2D eigenvalue weighted by Crippen LogP contribution is 2.32. The van der Waals surface area contributed by atoms with Gasteiger partial charge in [0.1, 0.15) is 5.82 Å². The number of nitrogens with one attached hydrogen (secondary N) is 1. The monoisotopic (exact) mass is 295 g/mol. The van der Waals surface area contributed by atoms with E-state index in [1.165, 1.54) is 17.4 Å². The number of aliphatic hydroxyl groups is 1. The highest BCUT2D eigenvalue weighted by Gasteiger charge is 2.19. The van der Waals surface area contributed by atoms with Crippen molar-refractivity contribution in [1.82, 2.24) is 5.32 Å². The number of benzene rings is 1. The maximum Gasteiger partial charge on any atom is 0.261 e. The zero-order chi connectivity index (χ0) is 14.7. The molecule has 0 aliphatic carbocycles. The number of rotatable bonds is 5. The van der Waals surface area contributed by atoms with Crippen LogP contribution >= 0.6 is 11.3 Å². The molecule has 2 aromatic rings. The normalized spacial score (nSPS) is 12.6. The van der Waals surface area contributed by atoms with Crippen LogP contribution in [0.15, 0.2) is 18.2 Å². The van der Waals surface area contributed by atoms with Crippen LogP contribution in [0.3, 0.4) is 0 Å². The summed E-state index contributed by atoms with van der Waals surface area (Å²) in [5, 5.41) is 12.4. The molecular formula is C15H18FNO2S. The molecule has 1 amide bonds. The second-order valence-electron chi connectivity index (χ2n) is 4.76. The van der Waals surface area contributed by atoms with E-state index < -0.39 is 0 Å². The van der Waals surface area contributed by atoms with Gasteiger partial charge in [-0.25, -0.2) is 4.39 Å². The second-order valence-corrected chi connectivity index (χ2v) is 5.81. The highest BCUT2D eigenvalue weighted by molar-refractivity contribution is 7.21. The number of aliphatic hydroxyl groups excluding tert-OH is 1. The molecule has 0 saturated heterocycles. The fourth-order valence-electron chi connectivity index (χ4n) is 2.26. The highest BCUT2D eigenvalue weighted by atomic mass is 32.1. The van der Waals surface area contributed by atoms with Crippen molar-refractivity contribution in [2.75, 3.05) is 6.61 Å². The Hall–Kier alpha value is -1.46. The van der Waals surface area contributed by atoms with Gasteiger partial charge in [0.15, 0.2) is 0 Å². The summed E-state index contributed by atoms with van der Waals surface area (Å²) in [6.07, 6.45) is 1.28. The van der Waals surface area contributed by atoms with E-state index in [1.807, 2.05) is 13.0 Å². The number of halogens is 1. The number of hydrogen-bond acceptors (Lipinski definition) is 3. The first-order valence-corrected chi connectivity index (χ1v) is 7.49. The third-order valence-corrected chi connectivity index (χ3v) is 4.67. The van der Waals surface area contributed by atoms with Crippen LogP contribution < -0.4 is 5.32 Å². The smallest absolute Gasteiger partial charge is 0.261 e. The lowest BCUT2D eigenvalue weighted by Gasteiger charge is -2.15. The second kappa shape index (κ2) is 6.33. The molecule has 0 saturated carbocycles. The Kier molecular flexibility index (Phi) is 4.73. The molecule has 108 valence electrons. The van der Waals surface area contributed by atoms with E-state index in [0.29, 0.717) is 22.2 Å². The zero-order valence-corrected chi connectivity index (χ0v) is 12.4. The molecular weight excluding hydrogens is 277 g/mol. The van der Waals surface area contributed by atoms with Gasteiger partial charge in [0.25, 0.3) is 5.91 Å². The van der Waals surface area contributed by atoms with Crippen molar-refractivity contribution in [2.24, 2.45) is 0 Å². The molecule has 1 heterocycles. The van der Waals surface area contributed by atoms with Crippen LogP contribution in [0, 0.1) is 12.7 Å². The van der Waals surface area contributed by atoms with Crippen molar-refractivity contribution in [3.8, 4) is 0 Å². The molecule has 2 N–H and O–H groups in total. The molecule has 0 fully saturated rings. The predicted molar refractivity (Wildman–Crippen MR) is 79.8 cm³/mol. The molecule has 1 aromatic carbocycles. The summed E-state index contributed by atoms with van der Waals surface area (Å²) in [5.74, 6) is -0.485. The predicted octanol–water partition coefficient (Wildman–Crippen LogP) is 3.24. The molecule has 0 radical (unpaired) electrons. The van der Waals surface area contributed by atoms with Gasteiger partial charge >= 0.3 is 0 Å². The van der Waals surface area contributed by atoms with Gasteiger partial charge in [-0.3, -0.25) is 4.79 Å². The van der Waals surface area contributed by atoms with Crippen molar-refractivity contribution in [3.05, 3.63) is 34.5 Å². The van der Waals surface area contributed by atoms with Gasteiger partial charge in [-0.05, 0) is 37.5 Å². The van der Waals surface area contributed by atoms with Crippen LogP contribution in [0.2, 0.25) is 0 Å². The molecule has 5 heteroatoms. The van der Waals surface area contributed by atoms with E-state index in [-0.39, 0.29) is 24.4 Å². The number of thiophene rings is 1. The molecule has 1 atom stereocenters. The largest absolute Gasteiger partial charge is 0.396 e. The van der Waals surface area contributed by atoms with Crippen LogP contribution in [-0.4, -0.2) is 23.7 Å². The first-order valence-electron chi connectivity index (χ1n) is 6.67. The Labute approximate surface area is 121 Å². The van der Waals surface area contributed by atoms with Gasteiger partial charge in [-0.1, -0.05) is 13.0 Å². The molecule has 3 nitrogen and oxygen atoms in total. The zero-order valence-electron chi connectivity index (χ0n) is 11.6. The number of amides is 1. The fourth-order valence-corrected chi connectivity index (χ4v) is 3.38. The minimum absolute atomic E-state index is 0.0405. The SMILES string of the molecule is CCC(CCO)NC(=O)c1sc2cccc(F)c2c1C. The van der Waals surface area contributed by atoms with E-state index >= 15 is 0 Å². The van der Waals surface area contributed by atoms with E-state index in [4.69, 9.17) is 5.11 Å². The standard InChI is InChI=1S/C15H18FNO2S/c1-3-10(7-8-18)17-15(19)14-9(2)13-11(16)5-4-6-12(13)20-14/h4-6,10,18H,3,7-8H2,1-2H3,(H,17,19). The molecule has 20 heavy (non-hydrogen) atoms. The lowest BCUT2D eigenvalue weighted by Crippen LogP contribution is -2.34. The van der Waals surface area contributed by atoms with Gasteiger partial charge < -0.3 is 10.4 Å². The minimum atomic E-state index is -0.294. The first kappa shape index (κ1) is 14.9. The third kappa shape index (κ3) is 2.83. The summed E-state index contributed by atoms with van der Waals surface area (Å²) in [5.41, 5.74) is 0.680. The fraction of sp³-hybridized carbons (Fsp3) is 0.400. The molecule has 1 unspecified atom stereocenters. The van der Waals surface area contributed by atoms with E-state index in [2.05, 4.69) is 5.32 Å². The number of aryl methyl sites for hydroxylation is 1. The summed E-state index contributed by atoms with van der Waals surface area (Å²) >= 11 is 1.30. The van der Waals surface area contributed by atoms with Crippen LogP contribution in [0.5, 0.6) is 0 Å².